The summed E-state index contributed by atoms with van der Waals surface area (Å²) < 4.78 is 39.7. The molecule has 0 aromatic heterocycles. The minimum atomic E-state index is -1.18. The monoisotopic (exact) mass is 279 g/mol. The molecule has 2 rings (SSSR count). The zero-order chi connectivity index (χ0) is 14.7. The number of halogens is 3. The molecule has 0 saturated carbocycles. The SMILES string of the molecule is CC(C)NCc1ccc(-c2cc(F)c(F)cc2F)cc1. The van der Waals surface area contributed by atoms with Crippen molar-refractivity contribution in [3.63, 3.8) is 0 Å². The van der Waals surface area contributed by atoms with Crippen LogP contribution in [0.15, 0.2) is 36.4 Å². The van der Waals surface area contributed by atoms with Crippen LogP contribution >= 0.6 is 0 Å². The Hall–Kier alpha value is -1.81. The minimum absolute atomic E-state index is 0.0623. The average molecular weight is 279 g/mol. The summed E-state index contributed by atoms with van der Waals surface area (Å²) in [6.45, 7) is 4.80. The second-order valence-electron chi connectivity index (χ2n) is 4.98. The van der Waals surface area contributed by atoms with Crippen LogP contribution < -0.4 is 5.32 Å². The van der Waals surface area contributed by atoms with E-state index in [2.05, 4.69) is 5.32 Å². The molecule has 0 spiro atoms. The van der Waals surface area contributed by atoms with E-state index in [0.717, 1.165) is 11.6 Å². The number of nitrogens with one attached hydrogen (secondary N) is 1. The van der Waals surface area contributed by atoms with Crippen LogP contribution in [0.1, 0.15) is 19.4 Å². The quantitative estimate of drug-likeness (QED) is 0.824. The molecular weight excluding hydrogens is 263 g/mol. The summed E-state index contributed by atoms with van der Waals surface area (Å²) in [5.74, 6) is -2.99. The smallest absolute Gasteiger partial charge is 0.161 e. The van der Waals surface area contributed by atoms with Gasteiger partial charge in [-0.15, -0.1) is 0 Å². The lowest BCUT2D eigenvalue weighted by Gasteiger charge is -2.09. The molecule has 0 aliphatic heterocycles. The number of hydrogen-bond acceptors (Lipinski definition) is 1. The van der Waals surface area contributed by atoms with Gasteiger partial charge in [0.15, 0.2) is 11.6 Å². The molecule has 0 radical (unpaired) electrons. The van der Waals surface area contributed by atoms with Gasteiger partial charge < -0.3 is 5.32 Å². The molecule has 20 heavy (non-hydrogen) atoms. The Balaban J connectivity index is 2.24. The fraction of sp³-hybridized carbons (Fsp3) is 0.250. The largest absolute Gasteiger partial charge is 0.310 e. The third-order valence-electron chi connectivity index (χ3n) is 2.99. The zero-order valence-electron chi connectivity index (χ0n) is 11.4. The minimum Gasteiger partial charge on any atom is -0.310 e. The highest BCUT2D eigenvalue weighted by Gasteiger charge is 2.11. The van der Waals surface area contributed by atoms with E-state index in [1.807, 2.05) is 26.0 Å². The molecule has 0 aliphatic carbocycles. The van der Waals surface area contributed by atoms with Crippen LogP contribution in [0.2, 0.25) is 0 Å². The van der Waals surface area contributed by atoms with E-state index in [1.165, 1.54) is 0 Å². The van der Waals surface area contributed by atoms with Crippen molar-refractivity contribution in [1.29, 1.82) is 0 Å². The van der Waals surface area contributed by atoms with E-state index in [0.29, 0.717) is 24.2 Å². The number of benzene rings is 2. The van der Waals surface area contributed by atoms with Gasteiger partial charge in [-0.25, -0.2) is 13.2 Å². The van der Waals surface area contributed by atoms with Crippen LogP contribution in [0.25, 0.3) is 11.1 Å². The molecule has 0 bridgehead atoms. The first-order valence-electron chi connectivity index (χ1n) is 6.44. The van der Waals surface area contributed by atoms with E-state index in [9.17, 15) is 13.2 Å². The van der Waals surface area contributed by atoms with Gasteiger partial charge in [-0.2, -0.15) is 0 Å². The molecule has 0 amide bonds. The highest BCUT2D eigenvalue weighted by Crippen LogP contribution is 2.25. The summed E-state index contributed by atoms with van der Waals surface area (Å²) in [4.78, 5) is 0. The van der Waals surface area contributed by atoms with Crippen LogP contribution in [0.4, 0.5) is 13.2 Å². The van der Waals surface area contributed by atoms with Gasteiger partial charge in [-0.05, 0) is 17.2 Å². The maximum atomic E-state index is 13.7. The van der Waals surface area contributed by atoms with Gasteiger partial charge >= 0.3 is 0 Å². The highest BCUT2D eigenvalue weighted by molar-refractivity contribution is 5.64. The lowest BCUT2D eigenvalue weighted by molar-refractivity contribution is 0.496. The van der Waals surface area contributed by atoms with Crippen molar-refractivity contribution in [3.05, 3.63) is 59.4 Å². The first-order valence-corrected chi connectivity index (χ1v) is 6.44. The van der Waals surface area contributed by atoms with Crippen LogP contribution in [-0.4, -0.2) is 6.04 Å². The second-order valence-corrected chi connectivity index (χ2v) is 4.98. The summed E-state index contributed by atoms with van der Waals surface area (Å²) in [5.41, 5.74) is 1.63. The van der Waals surface area contributed by atoms with E-state index < -0.39 is 17.5 Å². The maximum absolute atomic E-state index is 13.7. The van der Waals surface area contributed by atoms with Crippen molar-refractivity contribution in [2.45, 2.75) is 26.4 Å². The Morgan fingerprint density at radius 2 is 1.50 bits per heavy atom. The average Bonchev–Trinajstić information content (AvgIpc) is 2.41. The lowest BCUT2D eigenvalue weighted by Crippen LogP contribution is -2.21. The first-order chi connectivity index (χ1) is 9.47. The third kappa shape index (κ3) is 3.39. The molecule has 0 heterocycles. The second kappa shape index (κ2) is 6.09. The van der Waals surface area contributed by atoms with Crippen LogP contribution in [0.5, 0.6) is 0 Å². The Morgan fingerprint density at radius 3 is 2.10 bits per heavy atom. The first kappa shape index (κ1) is 14.6. The van der Waals surface area contributed by atoms with Crippen LogP contribution in [-0.2, 0) is 6.54 Å². The molecule has 0 unspecified atom stereocenters. The molecule has 0 fully saturated rings. The van der Waals surface area contributed by atoms with Gasteiger partial charge in [0.1, 0.15) is 5.82 Å². The molecule has 1 N–H and O–H groups in total. The fourth-order valence-corrected chi connectivity index (χ4v) is 1.87. The van der Waals surface area contributed by atoms with Gasteiger partial charge in [0.05, 0.1) is 0 Å². The van der Waals surface area contributed by atoms with Crippen molar-refractivity contribution in [2.75, 3.05) is 0 Å². The molecule has 1 nitrogen and oxygen atoms in total. The Kier molecular flexibility index (Phi) is 4.45. The highest BCUT2D eigenvalue weighted by atomic mass is 19.2. The number of rotatable bonds is 4. The van der Waals surface area contributed by atoms with Gasteiger partial charge in [0, 0.05) is 24.2 Å². The number of hydrogen-bond donors (Lipinski definition) is 1. The maximum Gasteiger partial charge on any atom is 0.161 e. The van der Waals surface area contributed by atoms with Crippen LogP contribution in [0.3, 0.4) is 0 Å². The summed E-state index contributed by atoms with van der Waals surface area (Å²) in [6, 6.07) is 8.90. The fourth-order valence-electron chi connectivity index (χ4n) is 1.87. The van der Waals surface area contributed by atoms with Gasteiger partial charge in [0.2, 0.25) is 0 Å². The molecule has 4 heteroatoms. The van der Waals surface area contributed by atoms with Gasteiger partial charge in [-0.3, -0.25) is 0 Å². The Labute approximate surface area is 116 Å². The van der Waals surface area contributed by atoms with Crippen molar-refractivity contribution >= 4 is 0 Å². The summed E-state index contributed by atoms with van der Waals surface area (Å²) in [6.07, 6.45) is 0. The molecule has 106 valence electrons. The molecule has 2 aromatic carbocycles. The molecule has 0 aliphatic rings. The molecule has 0 saturated heterocycles. The topological polar surface area (TPSA) is 12.0 Å². The van der Waals surface area contributed by atoms with E-state index >= 15 is 0 Å². The summed E-state index contributed by atoms with van der Waals surface area (Å²) >= 11 is 0. The van der Waals surface area contributed by atoms with E-state index in [1.54, 1.807) is 12.1 Å². The normalized spacial score (nSPS) is 11.1. The summed E-state index contributed by atoms with van der Waals surface area (Å²) in [7, 11) is 0. The Morgan fingerprint density at radius 1 is 0.900 bits per heavy atom. The van der Waals surface area contributed by atoms with E-state index in [4.69, 9.17) is 0 Å². The predicted octanol–water partition coefficient (Wildman–Crippen LogP) is 4.27. The van der Waals surface area contributed by atoms with E-state index in [-0.39, 0.29) is 5.56 Å². The molecule has 0 atom stereocenters. The van der Waals surface area contributed by atoms with Gasteiger partial charge in [-0.1, -0.05) is 38.1 Å². The molecular formula is C16H16F3N. The standard InChI is InChI=1S/C16H16F3N/c1-10(2)20-9-11-3-5-12(6-4-11)13-7-15(18)16(19)8-14(13)17/h3-8,10,20H,9H2,1-2H3. The van der Waals surface area contributed by atoms with Crippen molar-refractivity contribution in [1.82, 2.24) is 5.32 Å². The van der Waals surface area contributed by atoms with Crippen LogP contribution in [0, 0.1) is 17.5 Å². The predicted molar refractivity (Wildman–Crippen MR) is 73.7 cm³/mol. The lowest BCUT2D eigenvalue weighted by atomic mass is 10.0. The van der Waals surface area contributed by atoms with Crippen molar-refractivity contribution < 1.29 is 13.2 Å². The van der Waals surface area contributed by atoms with Crippen molar-refractivity contribution in [3.8, 4) is 11.1 Å². The Bertz CT molecular complexity index is 591. The third-order valence-corrected chi connectivity index (χ3v) is 2.99. The van der Waals surface area contributed by atoms with Crippen molar-refractivity contribution in [2.24, 2.45) is 0 Å². The zero-order valence-corrected chi connectivity index (χ0v) is 11.4. The van der Waals surface area contributed by atoms with Gasteiger partial charge in [0.25, 0.3) is 0 Å². The summed E-state index contributed by atoms with van der Waals surface area (Å²) in [5, 5.41) is 3.27. The molecule has 2 aromatic rings.